The largest absolute Gasteiger partial charge is 0.493 e. The van der Waals surface area contributed by atoms with Crippen LogP contribution in [-0.4, -0.2) is 34.1 Å². The number of rotatable bonds is 6. The van der Waals surface area contributed by atoms with E-state index in [1.165, 1.54) is 14.2 Å². The van der Waals surface area contributed by atoms with Gasteiger partial charge in [-0.3, -0.25) is 9.59 Å². The molecule has 36 heavy (non-hydrogen) atoms. The van der Waals surface area contributed by atoms with Crippen molar-refractivity contribution in [2.24, 2.45) is 7.05 Å². The number of nitrogens with zero attached hydrogens (tertiary/aromatic N) is 3. The maximum absolute atomic E-state index is 14.0. The van der Waals surface area contributed by atoms with Gasteiger partial charge in [0.05, 0.1) is 41.9 Å². The van der Waals surface area contributed by atoms with E-state index in [9.17, 15) is 9.59 Å². The first-order valence-corrected chi connectivity index (χ1v) is 11.9. The van der Waals surface area contributed by atoms with Gasteiger partial charge in [0.2, 0.25) is 0 Å². The molecule has 3 aromatic carbocycles. The van der Waals surface area contributed by atoms with E-state index in [-0.39, 0.29) is 11.3 Å². The highest BCUT2D eigenvalue weighted by Crippen LogP contribution is 2.43. The molecule has 7 nitrogen and oxygen atoms in total. The Hall–Kier alpha value is -4.39. The minimum atomic E-state index is -0.200. The molecule has 0 unspecified atom stereocenters. The normalized spacial score (nSPS) is 12.2. The number of para-hydroxylation sites is 2. The molecule has 0 N–H and O–H groups in total. The lowest BCUT2D eigenvalue weighted by Gasteiger charge is -2.17. The lowest BCUT2D eigenvalue weighted by atomic mass is 10.0. The summed E-state index contributed by atoms with van der Waals surface area (Å²) in [5.74, 6) is 1.67. The monoisotopic (exact) mass is 479 g/mol. The van der Waals surface area contributed by atoms with Crippen molar-refractivity contribution in [1.29, 1.82) is 0 Å². The minimum Gasteiger partial charge on any atom is -0.493 e. The quantitative estimate of drug-likeness (QED) is 0.345. The van der Waals surface area contributed by atoms with Gasteiger partial charge < -0.3 is 18.6 Å². The van der Waals surface area contributed by atoms with Crippen molar-refractivity contribution in [3.63, 3.8) is 0 Å². The van der Waals surface area contributed by atoms with Crippen LogP contribution in [0.5, 0.6) is 11.5 Å². The van der Waals surface area contributed by atoms with Crippen molar-refractivity contribution in [3.8, 4) is 22.8 Å². The predicted octanol–water partition coefficient (Wildman–Crippen LogP) is 4.75. The fourth-order valence-corrected chi connectivity index (χ4v) is 5.41. The maximum atomic E-state index is 14.0. The Bertz CT molecular complexity index is 1750. The van der Waals surface area contributed by atoms with Gasteiger partial charge in [-0.1, -0.05) is 36.4 Å². The van der Waals surface area contributed by atoms with Gasteiger partial charge in [0.25, 0.3) is 5.56 Å². The molecule has 0 bridgehead atoms. The van der Waals surface area contributed by atoms with Crippen LogP contribution in [0.2, 0.25) is 0 Å². The highest BCUT2D eigenvalue weighted by atomic mass is 16.5. The van der Waals surface area contributed by atoms with Crippen LogP contribution in [0.3, 0.4) is 0 Å². The fraction of sp³-hybridized carbons (Fsp3) is 0.207. The molecule has 0 amide bonds. The van der Waals surface area contributed by atoms with Gasteiger partial charge in [-0.2, -0.15) is 0 Å². The van der Waals surface area contributed by atoms with Crippen LogP contribution in [-0.2, 0) is 20.0 Å². The molecule has 0 spiro atoms. The second-order valence-corrected chi connectivity index (χ2v) is 8.96. The van der Waals surface area contributed by atoms with E-state index in [4.69, 9.17) is 14.5 Å². The van der Waals surface area contributed by atoms with Gasteiger partial charge in [-0.15, -0.1) is 0 Å². The van der Waals surface area contributed by atoms with E-state index in [0.29, 0.717) is 58.5 Å². The Kier molecular flexibility index (Phi) is 5.14. The van der Waals surface area contributed by atoms with Crippen molar-refractivity contribution in [2.45, 2.75) is 19.4 Å². The van der Waals surface area contributed by atoms with Gasteiger partial charge in [-0.25, -0.2) is 4.98 Å². The molecule has 6 rings (SSSR count). The highest BCUT2D eigenvalue weighted by molar-refractivity contribution is 6.27. The van der Waals surface area contributed by atoms with Crippen molar-refractivity contribution in [1.82, 2.24) is 14.1 Å². The number of aryl methyl sites for hydroxylation is 2. The second kappa shape index (κ2) is 8.37. The number of benzene rings is 3. The summed E-state index contributed by atoms with van der Waals surface area (Å²) in [6.07, 6.45) is 1.37. The first-order chi connectivity index (χ1) is 17.5. The van der Waals surface area contributed by atoms with Crippen LogP contribution in [0.4, 0.5) is 0 Å². The molecule has 1 aliphatic carbocycles. The second-order valence-electron chi connectivity index (χ2n) is 8.96. The van der Waals surface area contributed by atoms with E-state index in [1.807, 2.05) is 49.5 Å². The highest BCUT2D eigenvalue weighted by Gasteiger charge is 2.33. The summed E-state index contributed by atoms with van der Waals surface area (Å²) in [6, 6.07) is 19.0. The van der Waals surface area contributed by atoms with Crippen LogP contribution >= 0.6 is 0 Å². The smallest absolute Gasteiger partial charge is 0.262 e. The zero-order valence-corrected chi connectivity index (χ0v) is 20.4. The summed E-state index contributed by atoms with van der Waals surface area (Å²) in [4.78, 5) is 32.3. The predicted molar refractivity (Wildman–Crippen MR) is 139 cm³/mol. The first-order valence-electron chi connectivity index (χ1n) is 11.9. The molecular formula is C29H25N3O4. The number of ketones is 1. The summed E-state index contributed by atoms with van der Waals surface area (Å²) in [5, 5.41) is 0.944. The third-order valence-corrected chi connectivity index (χ3v) is 7.10. The molecule has 1 aliphatic rings. The van der Waals surface area contributed by atoms with Gasteiger partial charge in [0, 0.05) is 36.5 Å². The number of imidazole rings is 1. The van der Waals surface area contributed by atoms with Gasteiger partial charge >= 0.3 is 0 Å². The van der Waals surface area contributed by atoms with Crippen molar-refractivity contribution < 1.29 is 14.3 Å². The Balaban J connectivity index is 1.51. The average Bonchev–Trinajstić information content (AvgIpc) is 3.39. The van der Waals surface area contributed by atoms with Crippen molar-refractivity contribution >= 4 is 27.6 Å². The zero-order chi connectivity index (χ0) is 25.0. The molecule has 0 atom stereocenters. The number of ether oxygens (including phenoxy) is 2. The maximum Gasteiger partial charge on any atom is 0.262 e. The number of methoxy groups -OCH3 is 2. The van der Waals surface area contributed by atoms with Gasteiger partial charge in [0.1, 0.15) is 5.82 Å². The minimum absolute atomic E-state index is 0.0816. The number of carbonyl (C=O) groups is 1. The Labute approximate surface area is 207 Å². The molecule has 0 saturated heterocycles. The molecule has 0 aliphatic heterocycles. The summed E-state index contributed by atoms with van der Waals surface area (Å²) in [5.41, 5.74) is 4.43. The molecule has 5 aromatic rings. The molecule has 0 fully saturated rings. The van der Waals surface area contributed by atoms with E-state index in [2.05, 4.69) is 10.6 Å². The molecule has 2 heterocycles. The SMILES string of the molecule is COc1ccc2c3c(n(CCCc4nc5ccccc5n4C)c(=O)c2c1OC)-c1ccccc1C3=O. The zero-order valence-electron chi connectivity index (χ0n) is 20.4. The number of aromatic nitrogens is 3. The van der Waals surface area contributed by atoms with Crippen LogP contribution in [0.15, 0.2) is 65.5 Å². The van der Waals surface area contributed by atoms with E-state index < -0.39 is 0 Å². The number of carbonyl (C=O) groups excluding carboxylic acids is 1. The number of hydrogen-bond acceptors (Lipinski definition) is 5. The Morgan fingerprint density at radius 3 is 2.39 bits per heavy atom. The summed E-state index contributed by atoms with van der Waals surface area (Å²) < 4.78 is 14.9. The van der Waals surface area contributed by atoms with Crippen molar-refractivity contribution in [3.05, 3.63) is 88.0 Å². The lowest BCUT2D eigenvalue weighted by Crippen LogP contribution is -2.24. The molecule has 7 heteroatoms. The van der Waals surface area contributed by atoms with E-state index in [1.54, 1.807) is 16.7 Å². The topological polar surface area (TPSA) is 75.3 Å². The average molecular weight is 480 g/mol. The van der Waals surface area contributed by atoms with Crippen LogP contribution in [0.25, 0.3) is 33.1 Å². The number of hydrogen-bond donors (Lipinski definition) is 0. The summed E-state index contributed by atoms with van der Waals surface area (Å²) in [6.45, 7) is 0.433. The molecule has 0 saturated carbocycles. The number of pyridine rings is 1. The number of fused-ring (bicyclic) bond motifs is 6. The van der Waals surface area contributed by atoms with Crippen LogP contribution in [0, 0.1) is 0 Å². The van der Waals surface area contributed by atoms with E-state index in [0.717, 1.165) is 22.4 Å². The fourth-order valence-electron chi connectivity index (χ4n) is 5.41. The Morgan fingerprint density at radius 2 is 1.64 bits per heavy atom. The Morgan fingerprint density at radius 1 is 0.889 bits per heavy atom. The lowest BCUT2D eigenvalue weighted by molar-refractivity contribution is 0.104. The molecule has 180 valence electrons. The van der Waals surface area contributed by atoms with Gasteiger partial charge in [0.15, 0.2) is 17.3 Å². The van der Waals surface area contributed by atoms with Crippen LogP contribution < -0.4 is 15.0 Å². The molecular weight excluding hydrogens is 454 g/mol. The third-order valence-electron chi connectivity index (χ3n) is 7.10. The van der Waals surface area contributed by atoms with Crippen LogP contribution in [0.1, 0.15) is 28.2 Å². The first kappa shape index (κ1) is 22.1. The van der Waals surface area contributed by atoms with Gasteiger partial charge in [-0.05, 0) is 30.7 Å². The van der Waals surface area contributed by atoms with Crippen molar-refractivity contribution in [2.75, 3.05) is 14.2 Å². The molecule has 0 radical (unpaired) electrons. The third kappa shape index (κ3) is 3.09. The standard InChI is InChI=1S/C29H25N3O4/c1-31-21-12-7-6-11-20(21)30-23(31)13-8-16-32-26-17-9-4-5-10-18(17)27(33)24(26)19-14-15-22(35-2)28(36-3)25(19)29(32)34/h4-7,9-12,14-15H,8,13,16H2,1-3H3. The summed E-state index contributed by atoms with van der Waals surface area (Å²) >= 11 is 0. The van der Waals surface area contributed by atoms with E-state index >= 15 is 0 Å². The summed E-state index contributed by atoms with van der Waals surface area (Å²) in [7, 11) is 5.06. The molecule has 2 aromatic heterocycles.